The van der Waals surface area contributed by atoms with Gasteiger partial charge < -0.3 is 9.47 Å². The lowest BCUT2D eigenvalue weighted by molar-refractivity contribution is 0.399. The molecule has 2 aromatic carbocycles. The van der Waals surface area contributed by atoms with Crippen molar-refractivity contribution in [3.05, 3.63) is 65.2 Å². The summed E-state index contributed by atoms with van der Waals surface area (Å²) in [7, 11) is 0.359. The van der Waals surface area contributed by atoms with Gasteiger partial charge in [0.05, 0.1) is 32.6 Å². The number of anilines is 1. The van der Waals surface area contributed by atoms with E-state index in [1.807, 2.05) is 0 Å². The number of hydrogen-bond acceptors (Lipinski definition) is 5. The molecule has 0 spiro atoms. The van der Waals surface area contributed by atoms with Gasteiger partial charge in [-0.15, -0.1) is 0 Å². The number of halogens is 2. The van der Waals surface area contributed by atoms with Crippen LogP contribution < -0.4 is 13.8 Å². The zero-order valence-electron chi connectivity index (χ0n) is 16.0. The fourth-order valence-corrected chi connectivity index (χ4v) is 4.44. The number of nitrogens with zero attached hydrogens (tertiary/aromatic N) is 3. The standard InChI is InChI=1S/C19H19ClFN3O4S/c1-23-12-15(10-22-23)24(11-13-8-16(27-2)5-6-18(13)28-3)29(25,26)19-7-4-14(20)9-17(19)21/h4-10,12H,11H2,1-3H3. The molecule has 3 aromatic rings. The number of benzene rings is 2. The van der Waals surface area contributed by atoms with E-state index in [4.69, 9.17) is 21.1 Å². The maximum atomic E-state index is 14.5. The van der Waals surface area contributed by atoms with Crippen LogP contribution in [0.15, 0.2) is 53.7 Å². The summed E-state index contributed by atoms with van der Waals surface area (Å²) < 4.78 is 54.3. The van der Waals surface area contributed by atoms with Gasteiger partial charge in [-0.3, -0.25) is 8.99 Å². The van der Waals surface area contributed by atoms with Gasteiger partial charge in [-0.25, -0.2) is 12.8 Å². The number of aromatic nitrogens is 2. The summed E-state index contributed by atoms with van der Waals surface area (Å²) in [6.07, 6.45) is 2.91. The second kappa shape index (κ2) is 8.30. The first-order valence-electron chi connectivity index (χ1n) is 8.43. The summed E-state index contributed by atoms with van der Waals surface area (Å²) in [5.41, 5.74) is 0.806. The van der Waals surface area contributed by atoms with Crippen LogP contribution in [0.1, 0.15) is 5.56 Å². The Morgan fingerprint density at radius 3 is 2.52 bits per heavy atom. The predicted molar refractivity (Wildman–Crippen MR) is 108 cm³/mol. The third-order valence-electron chi connectivity index (χ3n) is 4.24. The third-order valence-corrected chi connectivity index (χ3v) is 6.28. The lowest BCUT2D eigenvalue weighted by atomic mass is 10.2. The van der Waals surface area contributed by atoms with Crippen molar-refractivity contribution in [1.29, 1.82) is 0 Å². The number of hydrogen-bond donors (Lipinski definition) is 0. The maximum Gasteiger partial charge on any atom is 0.267 e. The summed E-state index contributed by atoms with van der Waals surface area (Å²) in [5, 5.41) is 4.14. The molecule has 0 unspecified atom stereocenters. The van der Waals surface area contributed by atoms with Crippen LogP contribution in [-0.2, 0) is 23.6 Å². The molecule has 3 rings (SSSR count). The quantitative estimate of drug-likeness (QED) is 0.562. The monoisotopic (exact) mass is 439 g/mol. The molecule has 0 saturated carbocycles. The first-order valence-corrected chi connectivity index (χ1v) is 10.3. The highest BCUT2D eigenvalue weighted by molar-refractivity contribution is 7.92. The molecule has 7 nitrogen and oxygen atoms in total. The molecule has 0 bridgehead atoms. The minimum Gasteiger partial charge on any atom is -0.497 e. The molecule has 10 heteroatoms. The Hall–Kier alpha value is -2.78. The molecule has 1 aromatic heterocycles. The molecule has 0 aliphatic rings. The number of ether oxygens (including phenoxy) is 2. The lowest BCUT2D eigenvalue weighted by Crippen LogP contribution is -2.31. The maximum absolute atomic E-state index is 14.5. The van der Waals surface area contributed by atoms with Crippen molar-refractivity contribution in [2.24, 2.45) is 7.05 Å². The molecule has 0 radical (unpaired) electrons. The average molecular weight is 440 g/mol. The molecule has 0 fully saturated rings. The molecular formula is C19H19ClFN3O4S. The first-order chi connectivity index (χ1) is 13.8. The van der Waals surface area contributed by atoms with Crippen LogP contribution >= 0.6 is 11.6 Å². The average Bonchev–Trinajstić information content (AvgIpc) is 3.11. The van der Waals surface area contributed by atoms with Crippen LogP contribution in [0.5, 0.6) is 11.5 Å². The molecule has 0 amide bonds. The Kier molecular flexibility index (Phi) is 5.99. The largest absolute Gasteiger partial charge is 0.497 e. The van der Waals surface area contributed by atoms with Crippen molar-refractivity contribution < 1.29 is 22.3 Å². The van der Waals surface area contributed by atoms with Crippen molar-refractivity contribution >= 4 is 27.3 Å². The topological polar surface area (TPSA) is 73.7 Å². The molecule has 0 saturated heterocycles. The number of sulfonamides is 1. The van der Waals surface area contributed by atoms with Gasteiger partial charge >= 0.3 is 0 Å². The van der Waals surface area contributed by atoms with Crippen LogP contribution in [0.4, 0.5) is 10.1 Å². The molecule has 0 N–H and O–H groups in total. The van der Waals surface area contributed by atoms with Crippen LogP contribution in [-0.4, -0.2) is 32.4 Å². The SMILES string of the molecule is COc1ccc(OC)c(CN(c2cnn(C)c2)S(=O)(=O)c2ccc(Cl)cc2F)c1. The highest BCUT2D eigenvalue weighted by Crippen LogP contribution is 2.32. The van der Waals surface area contributed by atoms with E-state index in [0.717, 1.165) is 16.4 Å². The summed E-state index contributed by atoms with van der Waals surface area (Å²) in [6.45, 7) is -0.129. The van der Waals surface area contributed by atoms with E-state index in [1.54, 1.807) is 25.2 Å². The van der Waals surface area contributed by atoms with E-state index >= 15 is 0 Å². The van der Waals surface area contributed by atoms with Gasteiger partial charge in [0.25, 0.3) is 10.0 Å². The van der Waals surface area contributed by atoms with Gasteiger partial charge in [-0.2, -0.15) is 5.10 Å². The predicted octanol–water partition coefficient (Wildman–Crippen LogP) is 3.63. The molecule has 29 heavy (non-hydrogen) atoms. The van der Waals surface area contributed by atoms with Crippen LogP contribution in [0, 0.1) is 5.82 Å². The molecule has 1 heterocycles. The molecular weight excluding hydrogens is 421 g/mol. The van der Waals surface area contributed by atoms with E-state index in [0.29, 0.717) is 17.1 Å². The summed E-state index contributed by atoms with van der Waals surface area (Å²) in [4.78, 5) is -0.493. The molecule has 0 aliphatic carbocycles. The van der Waals surface area contributed by atoms with Gasteiger partial charge in [0.15, 0.2) is 0 Å². The smallest absolute Gasteiger partial charge is 0.267 e. The second-order valence-electron chi connectivity index (χ2n) is 6.14. The van der Waals surface area contributed by atoms with E-state index in [-0.39, 0.29) is 17.3 Å². The Labute approximate surface area is 173 Å². The number of rotatable bonds is 7. The molecule has 0 atom stereocenters. The highest BCUT2D eigenvalue weighted by atomic mass is 35.5. The van der Waals surface area contributed by atoms with Gasteiger partial charge in [0.1, 0.15) is 22.2 Å². The van der Waals surface area contributed by atoms with Crippen molar-refractivity contribution in [3.8, 4) is 11.5 Å². The molecule has 0 aliphatic heterocycles. The first kappa shape index (κ1) is 20.9. The summed E-state index contributed by atoms with van der Waals surface area (Å²) in [6, 6.07) is 8.46. The van der Waals surface area contributed by atoms with Crippen molar-refractivity contribution in [3.63, 3.8) is 0 Å². The Bertz CT molecular complexity index is 1130. The fraction of sp³-hybridized carbons (Fsp3) is 0.211. The Morgan fingerprint density at radius 2 is 1.93 bits per heavy atom. The van der Waals surface area contributed by atoms with Gasteiger partial charge in [0.2, 0.25) is 0 Å². The normalized spacial score (nSPS) is 11.3. The van der Waals surface area contributed by atoms with E-state index < -0.39 is 20.7 Å². The van der Waals surface area contributed by atoms with Gasteiger partial charge in [-0.1, -0.05) is 11.6 Å². The Morgan fingerprint density at radius 1 is 1.17 bits per heavy atom. The van der Waals surface area contributed by atoms with Crippen molar-refractivity contribution in [2.45, 2.75) is 11.4 Å². The minimum absolute atomic E-state index is 0.101. The van der Waals surface area contributed by atoms with Crippen LogP contribution in [0.3, 0.4) is 0 Å². The zero-order valence-corrected chi connectivity index (χ0v) is 17.5. The second-order valence-corrected chi connectivity index (χ2v) is 8.40. The molecule has 154 valence electrons. The van der Waals surface area contributed by atoms with Gasteiger partial charge in [0, 0.05) is 23.8 Å². The van der Waals surface area contributed by atoms with Crippen molar-refractivity contribution in [2.75, 3.05) is 18.5 Å². The van der Waals surface area contributed by atoms with Crippen LogP contribution in [0.25, 0.3) is 0 Å². The number of methoxy groups -OCH3 is 2. The van der Waals surface area contributed by atoms with Crippen LogP contribution in [0.2, 0.25) is 5.02 Å². The highest BCUT2D eigenvalue weighted by Gasteiger charge is 2.30. The lowest BCUT2D eigenvalue weighted by Gasteiger charge is -2.24. The third kappa shape index (κ3) is 4.30. The van der Waals surface area contributed by atoms with Gasteiger partial charge in [-0.05, 0) is 36.4 Å². The minimum atomic E-state index is -4.28. The van der Waals surface area contributed by atoms with E-state index in [1.165, 1.54) is 37.4 Å². The van der Waals surface area contributed by atoms with Crippen molar-refractivity contribution in [1.82, 2.24) is 9.78 Å². The number of aryl methyl sites for hydroxylation is 1. The Balaban J connectivity index is 2.14. The fourth-order valence-electron chi connectivity index (χ4n) is 2.82. The van der Waals surface area contributed by atoms with E-state index in [2.05, 4.69) is 5.10 Å². The zero-order chi connectivity index (χ0) is 21.2. The summed E-state index contributed by atoms with van der Waals surface area (Å²) in [5.74, 6) is 0.0532. The van der Waals surface area contributed by atoms with E-state index in [9.17, 15) is 12.8 Å². The summed E-state index contributed by atoms with van der Waals surface area (Å²) >= 11 is 5.78.